The Morgan fingerprint density at radius 3 is 2.54 bits per heavy atom. The number of benzene rings is 1. The molecule has 0 bridgehead atoms. The summed E-state index contributed by atoms with van der Waals surface area (Å²) in [5.41, 5.74) is 7.03. The lowest BCUT2D eigenvalue weighted by Gasteiger charge is -2.16. The standard InChI is InChI=1S/C17H19ClN4O2.2ClH/c1-24-15-9-14(19)13(18)8-12(15)17(23)21-11-4-5-16(20-10-11)22-6-2-3-7-22;;/h4-5,8-10H,2-3,6-7,19H2,1H3,(H,21,23);2*1H. The number of hydrogen-bond acceptors (Lipinski definition) is 5. The molecular formula is C17H21Cl3N4O2. The molecule has 0 saturated carbocycles. The van der Waals surface area contributed by atoms with E-state index in [-0.39, 0.29) is 30.7 Å². The quantitative estimate of drug-likeness (QED) is 0.732. The largest absolute Gasteiger partial charge is 0.496 e. The molecule has 0 spiro atoms. The van der Waals surface area contributed by atoms with E-state index >= 15 is 0 Å². The monoisotopic (exact) mass is 418 g/mol. The maximum absolute atomic E-state index is 12.5. The van der Waals surface area contributed by atoms with Gasteiger partial charge >= 0.3 is 0 Å². The third-order valence-corrected chi connectivity index (χ3v) is 4.33. The summed E-state index contributed by atoms with van der Waals surface area (Å²) in [6.45, 7) is 2.06. The van der Waals surface area contributed by atoms with Crippen LogP contribution in [0, 0.1) is 0 Å². The van der Waals surface area contributed by atoms with E-state index in [1.165, 1.54) is 32.1 Å². The Bertz CT molecular complexity index is 750. The number of pyridine rings is 1. The number of aromatic nitrogens is 1. The number of halogens is 3. The van der Waals surface area contributed by atoms with Gasteiger partial charge in [-0.25, -0.2) is 4.98 Å². The summed E-state index contributed by atoms with van der Waals surface area (Å²) >= 11 is 6.00. The Labute approximate surface area is 169 Å². The first-order valence-electron chi connectivity index (χ1n) is 7.74. The first-order chi connectivity index (χ1) is 11.6. The average Bonchev–Trinajstić information content (AvgIpc) is 3.12. The van der Waals surface area contributed by atoms with Crippen molar-refractivity contribution in [2.75, 3.05) is 36.1 Å². The maximum Gasteiger partial charge on any atom is 0.259 e. The molecule has 1 saturated heterocycles. The lowest BCUT2D eigenvalue weighted by molar-refractivity contribution is 0.102. The second-order valence-corrected chi connectivity index (χ2v) is 6.03. The molecule has 0 unspecified atom stereocenters. The molecule has 1 aliphatic heterocycles. The number of rotatable bonds is 4. The van der Waals surface area contributed by atoms with Gasteiger partial charge in [0.15, 0.2) is 0 Å². The number of nitrogen functional groups attached to an aromatic ring is 1. The summed E-state index contributed by atoms with van der Waals surface area (Å²) in [7, 11) is 1.48. The molecule has 142 valence electrons. The Hall–Kier alpha value is -1.89. The molecule has 1 aromatic heterocycles. The van der Waals surface area contributed by atoms with Crippen LogP contribution >= 0.6 is 36.4 Å². The Balaban J connectivity index is 0.00000169. The van der Waals surface area contributed by atoms with Gasteiger partial charge in [0, 0.05) is 19.2 Å². The lowest BCUT2D eigenvalue weighted by atomic mass is 10.1. The van der Waals surface area contributed by atoms with E-state index in [4.69, 9.17) is 22.1 Å². The highest BCUT2D eigenvalue weighted by Crippen LogP contribution is 2.29. The van der Waals surface area contributed by atoms with Crippen molar-refractivity contribution in [1.29, 1.82) is 0 Å². The molecule has 1 amide bonds. The topological polar surface area (TPSA) is 80.5 Å². The average molecular weight is 420 g/mol. The number of amides is 1. The van der Waals surface area contributed by atoms with E-state index in [1.54, 1.807) is 6.20 Å². The zero-order valence-electron chi connectivity index (χ0n) is 14.2. The molecule has 9 heteroatoms. The zero-order valence-corrected chi connectivity index (χ0v) is 16.6. The number of anilines is 3. The fourth-order valence-corrected chi connectivity index (χ4v) is 2.87. The van der Waals surface area contributed by atoms with Gasteiger partial charge in [-0.15, -0.1) is 24.8 Å². The molecule has 26 heavy (non-hydrogen) atoms. The van der Waals surface area contributed by atoms with E-state index in [0.29, 0.717) is 27.7 Å². The normalized spacial score (nSPS) is 12.8. The van der Waals surface area contributed by atoms with Gasteiger partial charge in [-0.2, -0.15) is 0 Å². The highest BCUT2D eigenvalue weighted by Gasteiger charge is 2.16. The van der Waals surface area contributed by atoms with Crippen molar-refractivity contribution in [2.24, 2.45) is 0 Å². The minimum atomic E-state index is -0.329. The molecule has 0 aliphatic carbocycles. The highest BCUT2D eigenvalue weighted by atomic mass is 35.5. The van der Waals surface area contributed by atoms with Gasteiger partial charge in [0.2, 0.25) is 0 Å². The summed E-state index contributed by atoms with van der Waals surface area (Å²) in [5, 5.41) is 3.11. The van der Waals surface area contributed by atoms with Crippen LogP contribution in [0.4, 0.5) is 17.2 Å². The minimum absolute atomic E-state index is 0. The number of nitrogens with zero attached hydrogens (tertiary/aromatic N) is 2. The number of carbonyl (C=O) groups is 1. The van der Waals surface area contributed by atoms with Gasteiger partial charge in [0.05, 0.1) is 35.3 Å². The van der Waals surface area contributed by atoms with E-state index in [1.807, 2.05) is 12.1 Å². The van der Waals surface area contributed by atoms with Gasteiger partial charge in [-0.1, -0.05) is 11.6 Å². The number of carbonyl (C=O) groups excluding carboxylic acids is 1. The fourth-order valence-electron chi connectivity index (χ4n) is 2.71. The second kappa shape index (κ2) is 9.71. The molecule has 3 rings (SSSR count). The number of nitrogens with one attached hydrogen (secondary N) is 1. The van der Waals surface area contributed by atoms with Crippen molar-refractivity contribution in [3.8, 4) is 5.75 Å². The van der Waals surface area contributed by atoms with Gasteiger partial charge in [0.1, 0.15) is 11.6 Å². The fraction of sp³-hybridized carbons (Fsp3) is 0.294. The molecule has 3 N–H and O–H groups in total. The molecule has 1 fully saturated rings. The van der Waals surface area contributed by atoms with Crippen molar-refractivity contribution in [1.82, 2.24) is 4.98 Å². The van der Waals surface area contributed by atoms with E-state index < -0.39 is 0 Å². The van der Waals surface area contributed by atoms with Crippen LogP contribution in [0.5, 0.6) is 5.75 Å². The molecule has 1 aromatic carbocycles. The predicted molar refractivity (Wildman–Crippen MR) is 111 cm³/mol. The summed E-state index contributed by atoms with van der Waals surface area (Å²) < 4.78 is 5.20. The van der Waals surface area contributed by atoms with Crippen molar-refractivity contribution in [2.45, 2.75) is 12.8 Å². The lowest BCUT2D eigenvalue weighted by Crippen LogP contribution is -2.19. The van der Waals surface area contributed by atoms with E-state index in [9.17, 15) is 4.79 Å². The maximum atomic E-state index is 12.5. The third kappa shape index (κ3) is 4.84. The van der Waals surface area contributed by atoms with Gasteiger partial charge < -0.3 is 20.7 Å². The van der Waals surface area contributed by atoms with Crippen molar-refractivity contribution >= 4 is 59.5 Å². The molecule has 2 aromatic rings. The van der Waals surface area contributed by atoms with Crippen LogP contribution in [-0.4, -0.2) is 31.1 Å². The molecule has 1 aliphatic rings. The zero-order chi connectivity index (χ0) is 17.1. The van der Waals surface area contributed by atoms with Crippen LogP contribution in [0.15, 0.2) is 30.5 Å². The Kier molecular flexibility index (Phi) is 8.27. The SMILES string of the molecule is COc1cc(N)c(Cl)cc1C(=O)Nc1ccc(N2CCCC2)nc1.Cl.Cl. The first-order valence-corrected chi connectivity index (χ1v) is 8.11. The van der Waals surface area contributed by atoms with Gasteiger partial charge in [0.25, 0.3) is 5.91 Å². The van der Waals surface area contributed by atoms with Gasteiger partial charge in [-0.3, -0.25) is 4.79 Å². The van der Waals surface area contributed by atoms with Crippen LogP contribution in [0.25, 0.3) is 0 Å². The number of hydrogen-bond donors (Lipinski definition) is 2. The molecule has 6 nitrogen and oxygen atoms in total. The van der Waals surface area contributed by atoms with Crippen molar-refractivity contribution < 1.29 is 9.53 Å². The first kappa shape index (κ1) is 22.2. The summed E-state index contributed by atoms with van der Waals surface area (Å²) in [5.74, 6) is 0.971. The number of methoxy groups -OCH3 is 1. The van der Waals surface area contributed by atoms with Crippen molar-refractivity contribution in [3.63, 3.8) is 0 Å². The predicted octanol–water partition coefficient (Wildman–Crippen LogP) is 4.02. The van der Waals surface area contributed by atoms with E-state index in [2.05, 4.69) is 15.2 Å². The summed E-state index contributed by atoms with van der Waals surface area (Å²) in [4.78, 5) is 19.1. The van der Waals surface area contributed by atoms with E-state index in [0.717, 1.165) is 18.9 Å². The Morgan fingerprint density at radius 1 is 1.27 bits per heavy atom. The van der Waals surface area contributed by atoms with Crippen LogP contribution in [-0.2, 0) is 0 Å². The smallest absolute Gasteiger partial charge is 0.259 e. The molecular weight excluding hydrogens is 399 g/mol. The van der Waals surface area contributed by atoms with Gasteiger partial charge in [-0.05, 0) is 31.0 Å². The summed E-state index contributed by atoms with van der Waals surface area (Å²) in [6, 6.07) is 6.78. The third-order valence-electron chi connectivity index (χ3n) is 4.00. The number of ether oxygens (including phenoxy) is 1. The van der Waals surface area contributed by atoms with Crippen LogP contribution in [0.2, 0.25) is 5.02 Å². The van der Waals surface area contributed by atoms with Crippen LogP contribution < -0.4 is 20.7 Å². The highest BCUT2D eigenvalue weighted by molar-refractivity contribution is 6.33. The molecule has 0 radical (unpaired) electrons. The van der Waals surface area contributed by atoms with Crippen molar-refractivity contribution in [3.05, 3.63) is 41.0 Å². The van der Waals surface area contributed by atoms with Crippen LogP contribution in [0.3, 0.4) is 0 Å². The number of nitrogens with two attached hydrogens (primary N) is 1. The summed E-state index contributed by atoms with van der Waals surface area (Å²) in [6.07, 6.45) is 4.03. The molecule has 0 atom stereocenters. The minimum Gasteiger partial charge on any atom is -0.496 e. The Morgan fingerprint density at radius 2 is 1.96 bits per heavy atom. The second-order valence-electron chi connectivity index (χ2n) is 5.63. The van der Waals surface area contributed by atoms with Crippen LogP contribution in [0.1, 0.15) is 23.2 Å². The molecule has 2 heterocycles.